The minimum absolute atomic E-state index is 0.0108. The quantitative estimate of drug-likeness (QED) is 0.846. The van der Waals surface area contributed by atoms with Gasteiger partial charge in [-0.25, -0.2) is 4.79 Å². The molecule has 1 aromatic heterocycles. The van der Waals surface area contributed by atoms with Crippen LogP contribution in [-0.4, -0.2) is 22.8 Å². The van der Waals surface area contributed by atoms with Gasteiger partial charge in [0.2, 0.25) is 0 Å². The first-order chi connectivity index (χ1) is 10.2. The maximum Gasteiger partial charge on any atom is 0.328 e. The second kappa shape index (κ2) is 7.13. The molecule has 5 nitrogen and oxygen atoms in total. The molecular weight excluding hydrogens is 266 g/mol. The Hall–Kier alpha value is -2.01. The van der Waals surface area contributed by atoms with E-state index >= 15 is 0 Å². The molecular formula is C16H23N3O2. The summed E-state index contributed by atoms with van der Waals surface area (Å²) >= 11 is 0. The van der Waals surface area contributed by atoms with Crippen molar-refractivity contribution >= 4 is 0 Å². The van der Waals surface area contributed by atoms with Gasteiger partial charge in [-0.1, -0.05) is 13.0 Å². The third-order valence-corrected chi connectivity index (χ3v) is 3.52. The number of rotatable bonds is 7. The smallest absolute Gasteiger partial charge is 0.328 e. The highest BCUT2D eigenvalue weighted by molar-refractivity contribution is 5.37. The van der Waals surface area contributed by atoms with E-state index in [9.17, 15) is 4.79 Å². The van der Waals surface area contributed by atoms with Crippen LogP contribution in [0.5, 0.6) is 5.75 Å². The highest BCUT2D eigenvalue weighted by atomic mass is 16.5. The van der Waals surface area contributed by atoms with Crippen LogP contribution in [-0.2, 0) is 19.6 Å². The fourth-order valence-corrected chi connectivity index (χ4v) is 2.33. The van der Waals surface area contributed by atoms with Crippen molar-refractivity contribution in [2.24, 2.45) is 0 Å². The molecule has 21 heavy (non-hydrogen) atoms. The van der Waals surface area contributed by atoms with E-state index in [2.05, 4.69) is 18.3 Å². The summed E-state index contributed by atoms with van der Waals surface area (Å²) in [6.45, 7) is 7.00. The number of aromatic nitrogens is 2. The largest absolute Gasteiger partial charge is 0.496 e. The molecule has 0 aliphatic heterocycles. The lowest BCUT2D eigenvalue weighted by Gasteiger charge is -2.11. The number of hydrogen-bond donors (Lipinski definition) is 1. The van der Waals surface area contributed by atoms with Crippen LogP contribution in [0.1, 0.15) is 25.0 Å². The standard InChI is InChI=1S/C16H23N3O2/c1-4-17-11-13-6-7-15(21-3)14(10-13)12-19-9-8-18(5-2)16(19)20/h6-10,17H,4-5,11-12H2,1-3H3. The van der Waals surface area contributed by atoms with Crippen LogP contribution >= 0.6 is 0 Å². The van der Waals surface area contributed by atoms with Crippen molar-refractivity contribution in [3.63, 3.8) is 0 Å². The van der Waals surface area contributed by atoms with Crippen molar-refractivity contribution in [1.29, 1.82) is 0 Å². The molecule has 1 heterocycles. The van der Waals surface area contributed by atoms with Crippen molar-refractivity contribution in [1.82, 2.24) is 14.5 Å². The molecule has 0 spiro atoms. The minimum atomic E-state index is 0.0108. The number of benzene rings is 1. The van der Waals surface area contributed by atoms with Crippen LogP contribution in [0.15, 0.2) is 35.4 Å². The average molecular weight is 289 g/mol. The number of nitrogens with zero attached hydrogens (tertiary/aromatic N) is 2. The molecule has 0 bridgehead atoms. The van der Waals surface area contributed by atoms with E-state index in [0.717, 1.165) is 24.4 Å². The summed E-state index contributed by atoms with van der Waals surface area (Å²) in [6, 6.07) is 6.10. The molecule has 114 valence electrons. The molecule has 0 radical (unpaired) electrons. The molecule has 1 N–H and O–H groups in total. The van der Waals surface area contributed by atoms with Gasteiger partial charge < -0.3 is 10.1 Å². The first-order valence-electron chi connectivity index (χ1n) is 7.31. The van der Waals surface area contributed by atoms with Crippen molar-refractivity contribution in [2.45, 2.75) is 33.5 Å². The zero-order chi connectivity index (χ0) is 15.2. The Labute approximate surface area is 125 Å². The molecule has 2 aromatic rings. The Morgan fingerprint density at radius 2 is 1.95 bits per heavy atom. The Morgan fingerprint density at radius 1 is 1.19 bits per heavy atom. The summed E-state index contributed by atoms with van der Waals surface area (Å²) in [5.41, 5.74) is 2.22. The monoisotopic (exact) mass is 289 g/mol. The van der Waals surface area contributed by atoms with E-state index in [1.165, 1.54) is 5.56 Å². The molecule has 0 aliphatic rings. The van der Waals surface area contributed by atoms with Gasteiger partial charge in [-0.15, -0.1) is 0 Å². The van der Waals surface area contributed by atoms with E-state index in [1.807, 2.05) is 31.5 Å². The number of methoxy groups -OCH3 is 1. The number of ether oxygens (including phenoxy) is 1. The van der Waals surface area contributed by atoms with Gasteiger partial charge in [-0.05, 0) is 31.2 Å². The zero-order valence-electron chi connectivity index (χ0n) is 12.9. The number of nitrogens with one attached hydrogen (secondary N) is 1. The number of imidazole rings is 1. The van der Waals surface area contributed by atoms with Crippen LogP contribution in [0.3, 0.4) is 0 Å². The Bertz CT molecular complexity index is 643. The molecule has 2 rings (SSSR count). The molecule has 1 aromatic carbocycles. The predicted octanol–water partition coefficient (Wildman–Crippen LogP) is 1.84. The summed E-state index contributed by atoms with van der Waals surface area (Å²) in [7, 11) is 1.66. The van der Waals surface area contributed by atoms with Crippen LogP contribution in [0, 0.1) is 0 Å². The van der Waals surface area contributed by atoms with E-state index < -0.39 is 0 Å². The van der Waals surface area contributed by atoms with Gasteiger partial charge in [-0.3, -0.25) is 9.13 Å². The van der Waals surface area contributed by atoms with Gasteiger partial charge in [0, 0.05) is 31.0 Å². The SMILES string of the molecule is CCNCc1ccc(OC)c(Cn2ccn(CC)c2=O)c1. The average Bonchev–Trinajstić information content (AvgIpc) is 2.86. The van der Waals surface area contributed by atoms with E-state index in [1.54, 1.807) is 16.2 Å². The lowest BCUT2D eigenvalue weighted by molar-refractivity contribution is 0.407. The highest BCUT2D eigenvalue weighted by Gasteiger charge is 2.08. The number of aryl methyl sites for hydroxylation is 1. The fraction of sp³-hybridized carbons (Fsp3) is 0.438. The van der Waals surface area contributed by atoms with E-state index in [4.69, 9.17) is 4.74 Å². The first-order valence-corrected chi connectivity index (χ1v) is 7.31. The van der Waals surface area contributed by atoms with Gasteiger partial charge in [0.1, 0.15) is 5.75 Å². The highest BCUT2D eigenvalue weighted by Crippen LogP contribution is 2.20. The summed E-state index contributed by atoms with van der Waals surface area (Å²) in [6.07, 6.45) is 3.64. The second-order valence-electron chi connectivity index (χ2n) is 4.92. The van der Waals surface area contributed by atoms with Gasteiger partial charge in [0.05, 0.1) is 13.7 Å². The maximum atomic E-state index is 12.1. The van der Waals surface area contributed by atoms with E-state index in [-0.39, 0.29) is 5.69 Å². The van der Waals surface area contributed by atoms with Crippen LogP contribution in [0.4, 0.5) is 0 Å². The predicted molar refractivity (Wildman–Crippen MR) is 83.8 cm³/mol. The second-order valence-corrected chi connectivity index (χ2v) is 4.92. The Balaban J connectivity index is 2.28. The third kappa shape index (κ3) is 3.55. The van der Waals surface area contributed by atoms with Gasteiger partial charge in [0.15, 0.2) is 0 Å². The summed E-state index contributed by atoms with van der Waals surface area (Å²) in [4.78, 5) is 12.1. The molecule has 0 amide bonds. The van der Waals surface area contributed by atoms with Gasteiger partial charge >= 0.3 is 5.69 Å². The topological polar surface area (TPSA) is 48.2 Å². The van der Waals surface area contributed by atoms with Crippen molar-refractivity contribution < 1.29 is 4.74 Å². The first kappa shape index (κ1) is 15.4. The normalized spacial score (nSPS) is 10.8. The molecule has 0 fully saturated rings. The molecule has 0 saturated carbocycles. The Morgan fingerprint density at radius 3 is 2.57 bits per heavy atom. The lowest BCUT2D eigenvalue weighted by Crippen LogP contribution is -2.24. The van der Waals surface area contributed by atoms with Crippen molar-refractivity contribution in [3.05, 3.63) is 52.2 Å². The third-order valence-electron chi connectivity index (χ3n) is 3.52. The number of hydrogen-bond acceptors (Lipinski definition) is 3. The zero-order valence-corrected chi connectivity index (χ0v) is 12.9. The van der Waals surface area contributed by atoms with Crippen LogP contribution in [0.2, 0.25) is 0 Å². The lowest BCUT2D eigenvalue weighted by atomic mass is 10.1. The van der Waals surface area contributed by atoms with E-state index in [0.29, 0.717) is 13.1 Å². The molecule has 5 heteroatoms. The minimum Gasteiger partial charge on any atom is -0.496 e. The summed E-state index contributed by atoms with van der Waals surface area (Å²) < 4.78 is 8.80. The molecule has 0 saturated heterocycles. The maximum absolute atomic E-state index is 12.1. The van der Waals surface area contributed by atoms with Gasteiger partial charge in [0.25, 0.3) is 0 Å². The van der Waals surface area contributed by atoms with Crippen LogP contribution < -0.4 is 15.7 Å². The fourth-order valence-electron chi connectivity index (χ4n) is 2.33. The van der Waals surface area contributed by atoms with Crippen molar-refractivity contribution in [2.75, 3.05) is 13.7 Å². The van der Waals surface area contributed by atoms with Crippen molar-refractivity contribution in [3.8, 4) is 5.75 Å². The summed E-state index contributed by atoms with van der Waals surface area (Å²) in [5, 5.41) is 3.30. The molecule has 0 unspecified atom stereocenters. The van der Waals surface area contributed by atoms with Crippen LogP contribution in [0.25, 0.3) is 0 Å². The molecule has 0 atom stereocenters. The Kier molecular flexibility index (Phi) is 5.22. The summed E-state index contributed by atoms with van der Waals surface area (Å²) in [5.74, 6) is 0.811. The van der Waals surface area contributed by atoms with Gasteiger partial charge in [-0.2, -0.15) is 0 Å². The molecule has 0 aliphatic carbocycles.